The highest BCUT2D eigenvalue weighted by atomic mass is 79.9. The molecule has 0 fully saturated rings. The Morgan fingerprint density at radius 1 is 1.00 bits per heavy atom. The number of halogens is 2. The Morgan fingerprint density at radius 3 is 2.04 bits per heavy atom. The van der Waals surface area contributed by atoms with Crippen molar-refractivity contribution in [3.8, 4) is 0 Å². The average molecular weight is 475 g/mol. The number of hydrogen-bond donors (Lipinski definition) is 0. The van der Waals surface area contributed by atoms with Crippen molar-refractivity contribution >= 4 is 49.4 Å². The first-order valence-corrected chi connectivity index (χ1v) is 9.81. The van der Waals surface area contributed by atoms with E-state index in [0.29, 0.717) is 12.0 Å². The molecule has 0 aliphatic carbocycles. The smallest absolute Gasteiger partial charge is 0.257 e. The molecule has 0 unspecified atom stereocenters. The van der Waals surface area contributed by atoms with Gasteiger partial charge < -0.3 is 0 Å². The third-order valence-electron chi connectivity index (χ3n) is 4.36. The van der Waals surface area contributed by atoms with Crippen LogP contribution in [0, 0.1) is 6.92 Å². The number of Topliss-reactive ketones (excluding diaryl/α,β-unsaturated/α-hetero) is 1. The molecule has 3 aromatic rings. The van der Waals surface area contributed by atoms with Crippen LogP contribution in [0.3, 0.4) is 0 Å². The van der Waals surface area contributed by atoms with Crippen LogP contribution in [0.15, 0.2) is 69.9 Å². The van der Waals surface area contributed by atoms with E-state index in [0.717, 1.165) is 25.9 Å². The number of nitrogens with zero attached hydrogens (tertiary/aromatic N) is 2. The standard InChI is InChI=1S/C21H19Br2N2O/c1-15-24(2)11-12-25(15)14-18(16-3-7-19(22)8-4-16)13-21(26)17-5-9-20(23)10-6-17/h3-12,14H,13H2,1-2H3/q+1. The summed E-state index contributed by atoms with van der Waals surface area (Å²) in [5, 5.41) is 0. The minimum absolute atomic E-state index is 0.0980. The Morgan fingerprint density at radius 2 is 1.54 bits per heavy atom. The van der Waals surface area contributed by atoms with Crippen LogP contribution in [0.1, 0.15) is 28.2 Å². The normalized spacial score (nSPS) is 11.6. The second-order valence-corrected chi connectivity index (χ2v) is 7.96. The van der Waals surface area contributed by atoms with E-state index in [-0.39, 0.29) is 5.78 Å². The summed E-state index contributed by atoms with van der Waals surface area (Å²) in [6.07, 6.45) is 6.37. The zero-order valence-corrected chi connectivity index (χ0v) is 17.8. The predicted molar refractivity (Wildman–Crippen MR) is 112 cm³/mol. The summed E-state index contributed by atoms with van der Waals surface area (Å²) in [5.74, 6) is 1.19. The van der Waals surface area contributed by atoms with E-state index in [1.54, 1.807) is 0 Å². The molecule has 26 heavy (non-hydrogen) atoms. The molecular weight excluding hydrogens is 456 g/mol. The lowest BCUT2D eigenvalue weighted by Gasteiger charge is -2.08. The largest absolute Gasteiger partial charge is 0.294 e. The molecule has 0 saturated carbocycles. The fraction of sp³-hybridized carbons (Fsp3) is 0.143. The highest BCUT2D eigenvalue weighted by molar-refractivity contribution is 9.10. The lowest BCUT2D eigenvalue weighted by Crippen LogP contribution is -2.29. The summed E-state index contributed by atoms with van der Waals surface area (Å²) in [5.41, 5.74) is 2.73. The molecule has 0 aliphatic rings. The molecule has 0 saturated heterocycles. The summed E-state index contributed by atoms with van der Waals surface area (Å²) in [7, 11) is 2.01. The molecule has 1 heterocycles. The van der Waals surface area contributed by atoms with Crippen molar-refractivity contribution in [2.24, 2.45) is 7.05 Å². The number of aromatic nitrogens is 2. The van der Waals surface area contributed by atoms with Crippen molar-refractivity contribution in [1.82, 2.24) is 4.57 Å². The van der Waals surface area contributed by atoms with Crippen LogP contribution >= 0.6 is 31.9 Å². The maximum absolute atomic E-state index is 12.8. The van der Waals surface area contributed by atoms with Crippen molar-refractivity contribution in [2.45, 2.75) is 13.3 Å². The first-order chi connectivity index (χ1) is 12.4. The SMILES string of the molecule is Cc1n(C=C(CC(=O)c2ccc(Br)cc2)c2ccc(Br)cc2)cc[n+]1C. The molecule has 0 N–H and O–H groups in total. The summed E-state index contributed by atoms with van der Waals surface area (Å²) in [6, 6.07) is 15.6. The van der Waals surface area contributed by atoms with Gasteiger partial charge in [0, 0.05) is 33.4 Å². The molecule has 0 spiro atoms. The zero-order valence-electron chi connectivity index (χ0n) is 14.6. The topological polar surface area (TPSA) is 25.9 Å². The number of hydrogen-bond acceptors (Lipinski definition) is 1. The molecule has 1 aromatic heterocycles. The van der Waals surface area contributed by atoms with Gasteiger partial charge in [-0.1, -0.05) is 56.1 Å². The van der Waals surface area contributed by atoms with E-state index in [1.807, 2.05) is 90.2 Å². The molecule has 0 aliphatic heterocycles. The first kappa shape index (κ1) is 18.8. The average Bonchev–Trinajstić information content (AvgIpc) is 2.94. The molecule has 0 amide bonds. The number of imidazole rings is 1. The van der Waals surface area contributed by atoms with Crippen molar-refractivity contribution in [2.75, 3.05) is 0 Å². The van der Waals surface area contributed by atoms with Gasteiger partial charge in [0.25, 0.3) is 5.82 Å². The Kier molecular flexibility index (Phi) is 5.89. The highest BCUT2D eigenvalue weighted by Gasteiger charge is 2.14. The zero-order chi connectivity index (χ0) is 18.7. The molecule has 2 aromatic carbocycles. The summed E-state index contributed by atoms with van der Waals surface area (Å²) < 4.78 is 6.08. The van der Waals surface area contributed by atoms with Crippen molar-refractivity contribution in [3.63, 3.8) is 0 Å². The monoisotopic (exact) mass is 473 g/mol. The van der Waals surface area contributed by atoms with Gasteiger partial charge >= 0.3 is 0 Å². The molecule has 0 radical (unpaired) electrons. The van der Waals surface area contributed by atoms with Gasteiger partial charge in [-0.3, -0.25) is 4.79 Å². The van der Waals surface area contributed by atoms with E-state index < -0.39 is 0 Å². The van der Waals surface area contributed by atoms with Crippen LogP contribution in [0.4, 0.5) is 0 Å². The van der Waals surface area contributed by atoms with Crippen molar-refractivity contribution in [1.29, 1.82) is 0 Å². The van der Waals surface area contributed by atoms with Crippen molar-refractivity contribution < 1.29 is 9.36 Å². The molecule has 132 valence electrons. The van der Waals surface area contributed by atoms with E-state index in [1.165, 1.54) is 0 Å². The molecule has 0 bridgehead atoms. The van der Waals surface area contributed by atoms with Gasteiger partial charge in [-0.2, -0.15) is 0 Å². The maximum Gasteiger partial charge on any atom is 0.257 e. The fourth-order valence-electron chi connectivity index (χ4n) is 2.67. The summed E-state index contributed by atoms with van der Waals surface area (Å²) in [4.78, 5) is 12.8. The number of benzene rings is 2. The number of aryl methyl sites for hydroxylation is 1. The minimum Gasteiger partial charge on any atom is -0.294 e. The quantitative estimate of drug-likeness (QED) is 0.358. The van der Waals surface area contributed by atoms with Crippen molar-refractivity contribution in [3.05, 3.63) is 86.8 Å². The third-order valence-corrected chi connectivity index (χ3v) is 5.42. The Bertz CT molecular complexity index is 955. The number of ketones is 1. The summed E-state index contributed by atoms with van der Waals surface area (Å²) in [6.45, 7) is 2.05. The molecular formula is C21H19Br2N2O+. The number of rotatable bonds is 5. The molecule has 3 nitrogen and oxygen atoms in total. The van der Waals surface area contributed by atoms with Gasteiger partial charge in [0.15, 0.2) is 5.78 Å². The van der Waals surface area contributed by atoms with Gasteiger partial charge in [0.05, 0.1) is 13.2 Å². The molecule has 5 heteroatoms. The molecule has 0 atom stereocenters. The molecule has 3 rings (SSSR count). The fourth-order valence-corrected chi connectivity index (χ4v) is 3.20. The van der Waals surface area contributed by atoms with Gasteiger partial charge in [0.1, 0.15) is 12.4 Å². The lowest BCUT2D eigenvalue weighted by atomic mass is 9.98. The van der Waals surface area contributed by atoms with Gasteiger partial charge in [-0.05, 0) is 29.8 Å². The van der Waals surface area contributed by atoms with Crippen LogP contribution in [-0.2, 0) is 7.05 Å². The van der Waals surface area contributed by atoms with Crippen LogP contribution in [0.25, 0.3) is 11.8 Å². The van der Waals surface area contributed by atoms with Crippen LogP contribution in [-0.4, -0.2) is 10.4 Å². The van der Waals surface area contributed by atoms with Crippen LogP contribution < -0.4 is 4.57 Å². The second-order valence-electron chi connectivity index (χ2n) is 6.13. The Labute approximate surface area is 170 Å². The Balaban J connectivity index is 1.97. The summed E-state index contributed by atoms with van der Waals surface area (Å²) >= 11 is 6.88. The third kappa shape index (κ3) is 4.40. The van der Waals surface area contributed by atoms with E-state index in [4.69, 9.17) is 0 Å². The van der Waals surface area contributed by atoms with Gasteiger partial charge in [-0.15, -0.1) is 0 Å². The highest BCUT2D eigenvalue weighted by Crippen LogP contribution is 2.24. The minimum atomic E-state index is 0.0980. The second kappa shape index (κ2) is 8.14. The number of carbonyl (C=O) groups is 1. The number of allylic oxidation sites excluding steroid dienone is 1. The van der Waals surface area contributed by atoms with Gasteiger partial charge in [0.2, 0.25) is 0 Å². The maximum atomic E-state index is 12.8. The van der Waals surface area contributed by atoms with E-state index >= 15 is 0 Å². The Hall–Kier alpha value is -1.98. The van der Waals surface area contributed by atoms with Crippen LogP contribution in [0.2, 0.25) is 0 Å². The van der Waals surface area contributed by atoms with E-state index in [2.05, 4.69) is 31.9 Å². The first-order valence-electron chi connectivity index (χ1n) is 8.22. The lowest BCUT2D eigenvalue weighted by molar-refractivity contribution is -0.676. The number of carbonyl (C=O) groups excluding carboxylic acids is 1. The van der Waals surface area contributed by atoms with Crippen LogP contribution in [0.5, 0.6) is 0 Å². The van der Waals surface area contributed by atoms with Gasteiger partial charge in [-0.25, -0.2) is 9.13 Å². The van der Waals surface area contributed by atoms with E-state index in [9.17, 15) is 4.79 Å². The predicted octanol–water partition coefficient (Wildman–Crippen LogP) is 5.42.